The number of benzene rings is 3. The summed E-state index contributed by atoms with van der Waals surface area (Å²) in [6.07, 6.45) is -2.69. The number of carbonyl (C=O) groups is 2. The number of hydrogen-bond acceptors (Lipinski definition) is 5. The zero-order valence-corrected chi connectivity index (χ0v) is 21.0. The van der Waals surface area contributed by atoms with Crippen molar-refractivity contribution < 1.29 is 27.5 Å². The normalized spacial score (nSPS) is 14.8. The Bertz CT molecular complexity index is 1340. The lowest BCUT2D eigenvalue weighted by molar-refractivity contribution is -0.137. The van der Waals surface area contributed by atoms with Gasteiger partial charge in [0, 0.05) is 13.0 Å². The van der Waals surface area contributed by atoms with Gasteiger partial charge in [-0.1, -0.05) is 66.4 Å². The number of halogens is 3. The summed E-state index contributed by atoms with van der Waals surface area (Å²) in [7, 11) is 0. The summed E-state index contributed by atoms with van der Waals surface area (Å²) in [5, 5.41) is 2.31. The van der Waals surface area contributed by atoms with Crippen LogP contribution in [0.15, 0.2) is 83.8 Å². The standard InChI is InChI=1S/C27H21F3N2O3S2/c28-27(29,30)21-12-4-5-13-22(21)31-24(33)14-7-15-32-25(34)23(37-26(32)36)17-18-8-6-11-20(16-18)35-19-9-2-1-3-10-19/h1-6,8-13,16-17H,7,14-15H2,(H,31,33)/b23-17-. The molecule has 2 amide bonds. The second-order valence-electron chi connectivity index (χ2n) is 8.02. The Hall–Kier alpha value is -3.63. The molecule has 0 aromatic heterocycles. The summed E-state index contributed by atoms with van der Waals surface area (Å²) in [6.45, 7) is 0.174. The van der Waals surface area contributed by atoms with E-state index in [2.05, 4.69) is 5.32 Å². The largest absolute Gasteiger partial charge is 0.457 e. The average Bonchev–Trinajstić information content (AvgIpc) is 3.12. The molecule has 37 heavy (non-hydrogen) atoms. The van der Waals surface area contributed by atoms with Crippen LogP contribution in [0.25, 0.3) is 6.08 Å². The van der Waals surface area contributed by atoms with Crippen molar-refractivity contribution in [1.29, 1.82) is 0 Å². The third-order valence-corrected chi connectivity index (χ3v) is 6.68. The number of alkyl halides is 3. The van der Waals surface area contributed by atoms with Crippen LogP contribution in [0, 0.1) is 0 Å². The quantitative estimate of drug-likeness (QED) is 0.243. The molecule has 0 unspecified atom stereocenters. The Balaban J connectivity index is 1.34. The molecule has 0 spiro atoms. The smallest absolute Gasteiger partial charge is 0.418 e. The fourth-order valence-corrected chi connectivity index (χ4v) is 4.89. The Kier molecular flexibility index (Phi) is 8.30. The Morgan fingerprint density at radius 3 is 2.46 bits per heavy atom. The SMILES string of the molecule is O=C(CCCN1C(=O)/C(=C/c2cccc(Oc3ccccc3)c2)SC1=S)Nc1ccccc1C(F)(F)F. The number of nitrogens with one attached hydrogen (secondary N) is 1. The van der Waals surface area contributed by atoms with Gasteiger partial charge in [-0.2, -0.15) is 13.2 Å². The van der Waals surface area contributed by atoms with Crippen LogP contribution < -0.4 is 10.1 Å². The minimum Gasteiger partial charge on any atom is -0.457 e. The van der Waals surface area contributed by atoms with Crippen molar-refractivity contribution in [2.75, 3.05) is 11.9 Å². The van der Waals surface area contributed by atoms with E-state index >= 15 is 0 Å². The number of ether oxygens (including phenoxy) is 1. The third-order valence-electron chi connectivity index (χ3n) is 5.30. The van der Waals surface area contributed by atoms with Gasteiger partial charge in [-0.3, -0.25) is 14.5 Å². The lowest BCUT2D eigenvalue weighted by atomic mass is 10.1. The van der Waals surface area contributed by atoms with Crippen LogP contribution in [-0.4, -0.2) is 27.6 Å². The van der Waals surface area contributed by atoms with Gasteiger partial charge >= 0.3 is 6.18 Å². The van der Waals surface area contributed by atoms with Crippen LogP contribution in [0.4, 0.5) is 18.9 Å². The number of thioether (sulfide) groups is 1. The molecule has 1 aliphatic rings. The van der Waals surface area contributed by atoms with Gasteiger partial charge in [0.2, 0.25) is 5.91 Å². The molecule has 1 heterocycles. The monoisotopic (exact) mass is 542 g/mol. The van der Waals surface area contributed by atoms with E-state index < -0.39 is 17.6 Å². The first kappa shape index (κ1) is 26.4. The minimum atomic E-state index is -4.58. The molecule has 3 aromatic carbocycles. The van der Waals surface area contributed by atoms with Crippen molar-refractivity contribution in [2.45, 2.75) is 19.0 Å². The molecule has 1 aliphatic heterocycles. The molecule has 5 nitrogen and oxygen atoms in total. The minimum absolute atomic E-state index is 0.0683. The molecule has 0 bridgehead atoms. The van der Waals surface area contributed by atoms with Crippen molar-refractivity contribution >= 4 is 51.9 Å². The van der Waals surface area contributed by atoms with E-state index in [9.17, 15) is 22.8 Å². The number of thiocarbonyl (C=S) groups is 1. The second-order valence-corrected chi connectivity index (χ2v) is 9.69. The maximum atomic E-state index is 13.1. The first-order valence-electron chi connectivity index (χ1n) is 11.2. The highest BCUT2D eigenvalue weighted by atomic mass is 32.2. The van der Waals surface area contributed by atoms with Gasteiger partial charge < -0.3 is 10.1 Å². The van der Waals surface area contributed by atoms with Crippen LogP contribution in [-0.2, 0) is 15.8 Å². The first-order chi connectivity index (χ1) is 17.7. The fraction of sp³-hybridized carbons (Fsp3) is 0.148. The molecule has 10 heteroatoms. The highest BCUT2D eigenvalue weighted by Crippen LogP contribution is 2.35. The summed E-state index contributed by atoms with van der Waals surface area (Å²) in [5.74, 6) is 0.450. The third kappa shape index (κ3) is 6.99. The van der Waals surface area contributed by atoms with E-state index in [-0.39, 0.29) is 31.0 Å². The summed E-state index contributed by atoms with van der Waals surface area (Å²) in [6, 6.07) is 21.4. The zero-order valence-electron chi connectivity index (χ0n) is 19.3. The topological polar surface area (TPSA) is 58.6 Å². The summed E-state index contributed by atoms with van der Waals surface area (Å²) in [4.78, 5) is 27.0. The predicted octanol–water partition coefficient (Wildman–Crippen LogP) is 7.12. The molecule has 0 aliphatic carbocycles. The molecule has 1 fully saturated rings. The molecule has 1 N–H and O–H groups in total. The van der Waals surface area contributed by atoms with Crippen LogP contribution in [0.2, 0.25) is 0 Å². The summed E-state index contributed by atoms with van der Waals surface area (Å²) < 4.78 is 45.6. The van der Waals surface area contributed by atoms with Crippen molar-refractivity contribution in [2.24, 2.45) is 0 Å². The van der Waals surface area contributed by atoms with Crippen LogP contribution in [0.1, 0.15) is 24.0 Å². The number of hydrogen-bond donors (Lipinski definition) is 1. The predicted molar refractivity (Wildman–Crippen MR) is 142 cm³/mol. The maximum absolute atomic E-state index is 13.1. The number of amides is 2. The number of rotatable bonds is 8. The van der Waals surface area contributed by atoms with Crippen molar-refractivity contribution in [3.05, 3.63) is 94.9 Å². The molecular formula is C27H21F3N2O3S2. The van der Waals surface area contributed by atoms with E-state index in [1.54, 1.807) is 6.08 Å². The van der Waals surface area contributed by atoms with E-state index in [0.717, 1.165) is 23.4 Å². The van der Waals surface area contributed by atoms with Gasteiger partial charge in [0.1, 0.15) is 15.8 Å². The average molecular weight is 543 g/mol. The van der Waals surface area contributed by atoms with E-state index in [4.69, 9.17) is 17.0 Å². The molecule has 0 atom stereocenters. The number of nitrogens with zero attached hydrogens (tertiary/aromatic N) is 1. The number of carbonyl (C=O) groups excluding carboxylic acids is 2. The highest BCUT2D eigenvalue weighted by Gasteiger charge is 2.34. The van der Waals surface area contributed by atoms with Crippen LogP contribution in [0.5, 0.6) is 11.5 Å². The first-order valence-corrected chi connectivity index (χ1v) is 12.5. The van der Waals surface area contributed by atoms with Gasteiger partial charge in [-0.25, -0.2) is 0 Å². The van der Waals surface area contributed by atoms with E-state index in [1.807, 2.05) is 54.6 Å². The van der Waals surface area contributed by atoms with Crippen LogP contribution >= 0.6 is 24.0 Å². The fourth-order valence-electron chi connectivity index (χ4n) is 3.59. The van der Waals surface area contributed by atoms with Crippen LogP contribution in [0.3, 0.4) is 0 Å². The zero-order chi connectivity index (χ0) is 26.4. The molecule has 4 rings (SSSR count). The Labute approximate surface area is 221 Å². The van der Waals surface area contributed by atoms with Gasteiger partial charge in [0.15, 0.2) is 0 Å². The summed E-state index contributed by atoms with van der Waals surface area (Å²) in [5.41, 5.74) is -0.452. The molecule has 190 valence electrons. The number of para-hydroxylation sites is 2. The Morgan fingerprint density at radius 2 is 1.70 bits per heavy atom. The molecular weight excluding hydrogens is 521 g/mol. The van der Waals surface area contributed by atoms with Gasteiger partial charge in [-0.15, -0.1) is 0 Å². The molecule has 0 saturated carbocycles. The molecule has 1 saturated heterocycles. The van der Waals surface area contributed by atoms with E-state index in [1.165, 1.54) is 23.1 Å². The van der Waals surface area contributed by atoms with Gasteiger partial charge in [-0.05, 0) is 54.5 Å². The van der Waals surface area contributed by atoms with Crippen molar-refractivity contribution in [3.63, 3.8) is 0 Å². The molecule has 3 aromatic rings. The number of anilines is 1. The summed E-state index contributed by atoms with van der Waals surface area (Å²) >= 11 is 6.50. The van der Waals surface area contributed by atoms with Gasteiger partial charge in [0.05, 0.1) is 16.2 Å². The second kappa shape index (κ2) is 11.6. The highest BCUT2D eigenvalue weighted by molar-refractivity contribution is 8.26. The lowest BCUT2D eigenvalue weighted by Crippen LogP contribution is -2.29. The Morgan fingerprint density at radius 1 is 1.00 bits per heavy atom. The van der Waals surface area contributed by atoms with E-state index in [0.29, 0.717) is 20.7 Å². The molecule has 0 radical (unpaired) electrons. The van der Waals surface area contributed by atoms with Crippen molar-refractivity contribution in [3.8, 4) is 11.5 Å². The maximum Gasteiger partial charge on any atom is 0.418 e. The van der Waals surface area contributed by atoms with Gasteiger partial charge in [0.25, 0.3) is 5.91 Å². The van der Waals surface area contributed by atoms with Crippen molar-refractivity contribution in [1.82, 2.24) is 4.90 Å². The lowest BCUT2D eigenvalue weighted by Gasteiger charge is -2.15.